The molecule has 0 unspecified atom stereocenters. The second-order valence-corrected chi connectivity index (χ2v) is 9.57. The van der Waals surface area contributed by atoms with Crippen LogP contribution in [0.4, 0.5) is 13.2 Å². The van der Waals surface area contributed by atoms with Gasteiger partial charge in [-0.05, 0) is 42.7 Å². The van der Waals surface area contributed by atoms with Crippen LogP contribution in [0.3, 0.4) is 0 Å². The Balaban J connectivity index is 2.07. The predicted molar refractivity (Wildman–Crippen MR) is 122 cm³/mol. The number of benzene rings is 2. The summed E-state index contributed by atoms with van der Waals surface area (Å²) in [4.78, 5) is 11.3. The van der Waals surface area contributed by atoms with E-state index < -0.39 is 28.9 Å². The van der Waals surface area contributed by atoms with Gasteiger partial charge in [0.05, 0.1) is 22.5 Å². The van der Waals surface area contributed by atoms with Crippen molar-refractivity contribution in [2.24, 2.45) is 0 Å². The van der Waals surface area contributed by atoms with Crippen molar-refractivity contribution in [1.82, 2.24) is 4.57 Å². The minimum Gasteiger partial charge on any atom is -0.504 e. The molecule has 1 saturated carbocycles. The molecular weight excluding hydrogens is 445 g/mol. The Kier molecular flexibility index (Phi) is 5.84. The quantitative estimate of drug-likeness (QED) is 0.430. The third kappa shape index (κ3) is 4.00. The van der Waals surface area contributed by atoms with E-state index in [0.717, 1.165) is 6.07 Å². The first-order valence-corrected chi connectivity index (χ1v) is 11.1. The smallest absolute Gasteiger partial charge is 0.335 e. The number of carboxylic acid groups (broad SMARTS) is 1. The monoisotopic (exact) mass is 470 g/mol. The number of nitrogens with zero attached hydrogens (tertiary/aromatic N) is 2. The van der Waals surface area contributed by atoms with Crippen molar-refractivity contribution in [3.05, 3.63) is 53.5 Å². The van der Waals surface area contributed by atoms with E-state index in [1.54, 1.807) is 12.1 Å². The number of hydrogen-bond donors (Lipinski definition) is 2. The molecule has 3 aromatic rings. The van der Waals surface area contributed by atoms with Crippen molar-refractivity contribution < 1.29 is 28.2 Å². The zero-order valence-corrected chi connectivity index (χ0v) is 18.9. The first-order chi connectivity index (χ1) is 16.0. The van der Waals surface area contributed by atoms with E-state index in [9.17, 15) is 33.4 Å². The van der Waals surface area contributed by atoms with Crippen LogP contribution < -0.4 is 0 Å². The summed E-state index contributed by atoms with van der Waals surface area (Å²) in [5, 5.41) is 29.8. The third-order valence-electron chi connectivity index (χ3n) is 6.73. The van der Waals surface area contributed by atoms with Crippen molar-refractivity contribution in [2.45, 2.75) is 63.3 Å². The van der Waals surface area contributed by atoms with Gasteiger partial charge in [-0.1, -0.05) is 26.0 Å². The molecule has 1 aliphatic rings. The van der Waals surface area contributed by atoms with E-state index in [1.165, 1.54) is 18.2 Å². The molecule has 0 atom stereocenters. The van der Waals surface area contributed by atoms with E-state index >= 15 is 0 Å². The van der Waals surface area contributed by atoms with Gasteiger partial charge in [-0.2, -0.15) is 5.26 Å². The molecule has 0 aliphatic heterocycles. The van der Waals surface area contributed by atoms with Crippen LogP contribution in [0.2, 0.25) is 0 Å². The third-order valence-corrected chi connectivity index (χ3v) is 6.73. The molecule has 1 aromatic heterocycles. The zero-order chi connectivity index (χ0) is 24.8. The van der Waals surface area contributed by atoms with Crippen LogP contribution in [0, 0.1) is 17.1 Å². The van der Waals surface area contributed by atoms with Crippen molar-refractivity contribution in [3.63, 3.8) is 0 Å². The normalized spacial score (nSPS) is 16.5. The summed E-state index contributed by atoms with van der Waals surface area (Å²) in [7, 11) is 0. The average Bonchev–Trinajstić information content (AvgIpc) is 3.13. The number of carboxylic acids is 1. The number of phenolic OH excluding ortho intramolecular Hbond substituents is 1. The van der Waals surface area contributed by atoms with Crippen molar-refractivity contribution in [3.8, 4) is 22.9 Å². The van der Waals surface area contributed by atoms with Gasteiger partial charge in [0, 0.05) is 42.0 Å². The molecule has 34 heavy (non-hydrogen) atoms. The molecule has 0 amide bonds. The van der Waals surface area contributed by atoms with Gasteiger partial charge >= 0.3 is 5.97 Å². The van der Waals surface area contributed by atoms with Gasteiger partial charge in [0.1, 0.15) is 0 Å². The number of nitriles is 1. The molecule has 5 nitrogen and oxygen atoms in total. The maximum absolute atomic E-state index is 14.6. The Labute approximate surface area is 195 Å². The van der Waals surface area contributed by atoms with Crippen molar-refractivity contribution >= 4 is 16.9 Å². The number of alkyl halides is 2. The fourth-order valence-corrected chi connectivity index (χ4v) is 5.03. The number of aromatic nitrogens is 1. The number of aromatic hydroxyl groups is 1. The van der Waals surface area contributed by atoms with Gasteiger partial charge in [-0.15, -0.1) is 0 Å². The minimum absolute atomic E-state index is 0.0650. The Morgan fingerprint density at radius 2 is 1.79 bits per heavy atom. The predicted octanol–water partition coefficient (Wildman–Crippen LogP) is 6.79. The Hall–Kier alpha value is -3.47. The van der Waals surface area contributed by atoms with E-state index in [2.05, 4.69) is 6.07 Å². The number of aromatic carboxylic acids is 1. The number of hydrogen-bond acceptors (Lipinski definition) is 3. The molecule has 0 radical (unpaired) electrons. The van der Waals surface area contributed by atoms with E-state index in [1.807, 2.05) is 18.4 Å². The SMILES string of the molecule is CC(C)(CC#N)c1c(-c2ccc(C(=O)O)cc2)c2c(O)c(F)ccc2n1C1CCC(F)(F)CC1. The number of rotatable bonds is 5. The summed E-state index contributed by atoms with van der Waals surface area (Å²) in [5.41, 5.74) is 1.42. The minimum atomic E-state index is -2.74. The number of fused-ring (bicyclic) bond motifs is 1. The Morgan fingerprint density at radius 3 is 2.35 bits per heavy atom. The molecule has 8 heteroatoms. The van der Waals surface area contributed by atoms with E-state index in [0.29, 0.717) is 22.3 Å². The van der Waals surface area contributed by atoms with Crippen LogP contribution in [-0.2, 0) is 5.41 Å². The zero-order valence-electron chi connectivity index (χ0n) is 18.9. The van der Waals surface area contributed by atoms with Gasteiger partial charge in [0.25, 0.3) is 0 Å². The van der Waals surface area contributed by atoms with Crippen LogP contribution in [-0.4, -0.2) is 26.7 Å². The van der Waals surface area contributed by atoms with Gasteiger partial charge in [-0.25, -0.2) is 18.0 Å². The molecule has 2 aromatic carbocycles. The highest BCUT2D eigenvalue weighted by atomic mass is 19.3. The average molecular weight is 470 g/mol. The fraction of sp³-hybridized carbons (Fsp3) is 0.385. The fourth-order valence-electron chi connectivity index (χ4n) is 5.03. The molecular formula is C26H25F3N2O3. The molecule has 1 fully saturated rings. The summed E-state index contributed by atoms with van der Waals surface area (Å²) in [5.74, 6) is -5.24. The van der Waals surface area contributed by atoms with Crippen LogP contribution in [0.5, 0.6) is 5.75 Å². The molecule has 1 aliphatic carbocycles. The van der Waals surface area contributed by atoms with E-state index in [-0.39, 0.29) is 49.1 Å². The van der Waals surface area contributed by atoms with Gasteiger partial charge in [-0.3, -0.25) is 0 Å². The first-order valence-electron chi connectivity index (χ1n) is 11.1. The van der Waals surface area contributed by atoms with E-state index in [4.69, 9.17) is 0 Å². The van der Waals surface area contributed by atoms with Gasteiger partial charge in [0.15, 0.2) is 11.6 Å². The lowest BCUT2D eigenvalue weighted by molar-refractivity contribution is -0.0439. The number of carbonyl (C=O) groups is 1. The van der Waals surface area contributed by atoms with Gasteiger partial charge < -0.3 is 14.8 Å². The number of halogens is 3. The summed E-state index contributed by atoms with van der Waals surface area (Å²) in [6.45, 7) is 3.70. The van der Waals surface area contributed by atoms with Crippen LogP contribution in [0.1, 0.15) is 68.0 Å². The van der Waals surface area contributed by atoms with Gasteiger partial charge in [0.2, 0.25) is 5.92 Å². The van der Waals surface area contributed by atoms with Crippen LogP contribution in [0.15, 0.2) is 36.4 Å². The molecule has 178 valence electrons. The summed E-state index contributed by atoms with van der Waals surface area (Å²) >= 11 is 0. The Bertz CT molecular complexity index is 1290. The highest BCUT2D eigenvalue weighted by Crippen LogP contribution is 2.50. The Morgan fingerprint density at radius 1 is 1.18 bits per heavy atom. The summed E-state index contributed by atoms with van der Waals surface area (Å²) < 4.78 is 44.4. The lowest BCUT2D eigenvalue weighted by Crippen LogP contribution is -2.30. The summed E-state index contributed by atoms with van der Waals surface area (Å²) in [6.07, 6.45) is -0.0872. The lowest BCUT2D eigenvalue weighted by Gasteiger charge is -2.34. The maximum atomic E-state index is 14.6. The van der Waals surface area contributed by atoms with Crippen LogP contribution in [0.25, 0.3) is 22.0 Å². The molecule has 0 saturated heterocycles. The van der Waals surface area contributed by atoms with Crippen LogP contribution >= 0.6 is 0 Å². The highest BCUT2D eigenvalue weighted by Gasteiger charge is 2.40. The molecule has 2 N–H and O–H groups in total. The second kappa shape index (κ2) is 8.39. The topological polar surface area (TPSA) is 86.2 Å². The first kappa shape index (κ1) is 23.7. The van der Waals surface area contributed by atoms with Crippen molar-refractivity contribution in [1.29, 1.82) is 5.26 Å². The van der Waals surface area contributed by atoms with Crippen molar-refractivity contribution in [2.75, 3.05) is 0 Å². The number of phenols is 1. The standard InChI is InChI=1S/C26H25F3N2O3/c1-25(2,13-14-30)23-20(15-3-5-16(6-4-15)24(33)34)21-19(8-7-18(27)22(21)32)31(23)17-9-11-26(28,29)12-10-17/h3-8,17,32H,9-13H2,1-2H3,(H,33,34). The largest absolute Gasteiger partial charge is 0.504 e. The maximum Gasteiger partial charge on any atom is 0.335 e. The molecule has 0 spiro atoms. The highest BCUT2D eigenvalue weighted by molar-refractivity contribution is 6.03. The lowest BCUT2D eigenvalue weighted by atomic mass is 9.81. The summed E-state index contributed by atoms with van der Waals surface area (Å²) in [6, 6.07) is 10.5. The molecule has 0 bridgehead atoms. The molecule has 4 rings (SSSR count). The molecule has 1 heterocycles. The second-order valence-electron chi connectivity index (χ2n) is 9.57.